The molecule has 0 radical (unpaired) electrons. The average molecular weight is 348 g/mol. The second kappa shape index (κ2) is 7.94. The van der Waals surface area contributed by atoms with E-state index in [2.05, 4.69) is 10.0 Å². The van der Waals surface area contributed by atoms with Gasteiger partial charge in [0.2, 0.25) is 10.0 Å². The molecule has 0 fully saturated rings. The van der Waals surface area contributed by atoms with Crippen LogP contribution < -0.4 is 14.8 Å². The van der Waals surface area contributed by atoms with Gasteiger partial charge in [-0.2, -0.15) is 0 Å². The highest BCUT2D eigenvalue weighted by molar-refractivity contribution is 7.89. The Bertz CT molecular complexity index is 802. The first-order valence-corrected chi connectivity index (χ1v) is 8.92. The molecule has 0 aromatic heterocycles. The molecule has 2 N–H and O–H groups in total. The molecule has 0 heterocycles. The number of aryl methyl sites for hydroxylation is 1. The topological polar surface area (TPSA) is 84.5 Å². The molecule has 2 rings (SSSR count). The fourth-order valence-corrected chi connectivity index (χ4v) is 2.77. The van der Waals surface area contributed by atoms with E-state index in [1.807, 2.05) is 31.2 Å². The van der Waals surface area contributed by atoms with Gasteiger partial charge in [0, 0.05) is 5.56 Å². The molecular weight excluding hydrogens is 328 g/mol. The van der Waals surface area contributed by atoms with E-state index in [0.29, 0.717) is 18.7 Å². The molecule has 0 bridgehead atoms. The van der Waals surface area contributed by atoms with Crippen LogP contribution in [0.5, 0.6) is 5.75 Å². The molecule has 1 amide bonds. The van der Waals surface area contributed by atoms with Crippen molar-refractivity contribution in [1.82, 2.24) is 10.0 Å². The molecule has 24 heavy (non-hydrogen) atoms. The summed E-state index contributed by atoms with van der Waals surface area (Å²) in [6.45, 7) is 2.68. The SMILES string of the molecule is CNS(=O)(=O)c1ccc(C(=O)NCCOc2cccc(C)c2)cc1. The number of carbonyl (C=O) groups is 1. The largest absolute Gasteiger partial charge is 0.492 e. The standard InChI is InChI=1S/C17H20N2O4S/c1-13-4-3-5-15(12-13)23-11-10-19-17(20)14-6-8-16(9-7-14)24(21,22)18-2/h3-9,12,18H,10-11H2,1-2H3,(H,19,20). The molecule has 7 heteroatoms. The van der Waals surface area contributed by atoms with E-state index in [-0.39, 0.29) is 10.8 Å². The van der Waals surface area contributed by atoms with Crippen molar-refractivity contribution in [2.45, 2.75) is 11.8 Å². The number of hydrogen-bond acceptors (Lipinski definition) is 4. The van der Waals surface area contributed by atoms with Crippen LogP contribution in [-0.4, -0.2) is 34.5 Å². The number of hydrogen-bond donors (Lipinski definition) is 2. The van der Waals surface area contributed by atoms with Crippen LogP contribution in [0.2, 0.25) is 0 Å². The lowest BCUT2D eigenvalue weighted by atomic mass is 10.2. The van der Waals surface area contributed by atoms with Crippen molar-refractivity contribution in [2.24, 2.45) is 0 Å². The zero-order chi connectivity index (χ0) is 17.6. The third-order valence-electron chi connectivity index (χ3n) is 3.34. The van der Waals surface area contributed by atoms with Crippen molar-refractivity contribution >= 4 is 15.9 Å². The van der Waals surface area contributed by atoms with Gasteiger partial charge in [0.15, 0.2) is 0 Å². The second-order valence-electron chi connectivity index (χ2n) is 5.15. The van der Waals surface area contributed by atoms with Crippen molar-refractivity contribution in [1.29, 1.82) is 0 Å². The molecule has 0 aliphatic carbocycles. The number of ether oxygens (including phenoxy) is 1. The molecule has 0 spiro atoms. The average Bonchev–Trinajstić information content (AvgIpc) is 2.58. The Morgan fingerprint density at radius 2 is 1.83 bits per heavy atom. The minimum absolute atomic E-state index is 0.115. The molecule has 0 saturated heterocycles. The van der Waals surface area contributed by atoms with Gasteiger partial charge in [0.1, 0.15) is 12.4 Å². The van der Waals surface area contributed by atoms with Crippen molar-refractivity contribution < 1.29 is 17.9 Å². The number of benzene rings is 2. The predicted octanol–water partition coefficient (Wildman–Crippen LogP) is 1.71. The zero-order valence-electron chi connectivity index (χ0n) is 13.6. The summed E-state index contributed by atoms with van der Waals surface area (Å²) < 4.78 is 31.0. The van der Waals surface area contributed by atoms with Crippen molar-refractivity contribution in [3.05, 3.63) is 59.7 Å². The van der Waals surface area contributed by atoms with E-state index in [9.17, 15) is 13.2 Å². The van der Waals surface area contributed by atoms with Gasteiger partial charge in [-0.05, 0) is 55.9 Å². The van der Waals surface area contributed by atoms with E-state index in [4.69, 9.17) is 4.74 Å². The van der Waals surface area contributed by atoms with Gasteiger partial charge >= 0.3 is 0 Å². The van der Waals surface area contributed by atoms with Crippen LogP contribution >= 0.6 is 0 Å². The first-order chi connectivity index (χ1) is 11.4. The van der Waals surface area contributed by atoms with Crippen molar-refractivity contribution in [3.63, 3.8) is 0 Å². The van der Waals surface area contributed by atoms with Gasteiger partial charge < -0.3 is 10.1 Å². The Hall–Kier alpha value is -2.38. The third-order valence-corrected chi connectivity index (χ3v) is 4.77. The minimum Gasteiger partial charge on any atom is -0.492 e. The lowest BCUT2D eigenvalue weighted by Gasteiger charge is -2.09. The Kier molecular flexibility index (Phi) is 5.94. The van der Waals surface area contributed by atoms with Crippen LogP contribution in [0.15, 0.2) is 53.4 Å². The van der Waals surface area contributed by atoms with E-state index < -0.39 is 10.0 Å². The van der Waals surface area contributed by atoms with Gasteiger partial charge in [-0.1, -0.05) is 12.1 Å². The van der Waals surface area contributed by atoms with Gasteiger partial charge in [-0.25, -0.2) is 13.1 Å². The maximum Gasteiger partial charge on any atom is 0.251 e. The monoisotopic (exact) mass is 348 g/mol. The maximum absolute atomic E-state index is 12.0. The highest BCUT2D eigenvalue weighted by Gasteiger charge is 2.12. The molecule has 0 aliphatic rings. The Balaban J connectivity index is 1.84. The number of amides is 1. The van der Waals surface area contributed by atoms with E-state index in [1.54, 1.807) is 0 Å². The number of nitrogens with one attached hydrogen (secondary N) is 2. The molecule has 0 atom stereocenters. The van der Waals surface area contributed by atoms with Crippen LogP contribution in [0.1, 0.15) is 15.9 Å². The van der Waals surface area contributed by atoms with E-state index in [0.717, 1.165) is 11.3 Å². The summed E-state index contributed by atoms with van der Waals surface area (Å²) in [5.74, 6) is 0.474. The van der Waals surface area contributed by atoms with Crippen LogP contribution in [0.25, 0.3) is 0 Å². The van der Waals surface area contributed by atoms with Crippen LogP contribution in [-0.2, 0) is 10.0 Å². The normalized spacial score (nSPS) is 11.1. The summed E-state index contributed by atoms with van der Waals surface area (Å²) in [5, 5.41) is 2.73. The fourth-order valence-electron chi connectivity index (χ4n) is 2.04. The summed E-state index contributed by atoms with van der Waals surface area (Å²) in [6, 6.07) is 13.4. The van der Waals surface area contributed by atoms with Gasteiger partial charge in [0.25, 0.3) is 5.91 Å². The van der Waals surface area contributed by atoms with Crippen LogP contribution in [0, 0.1) is 6.92 Å². The number of rotatable bonds is 7. The Labute approximate surface area is 141 Å². The first kappa shape index (κ1) is 18.0. The molecule has 0 aliphatic heterocycles. The van der Waals surface area contributed by atoms with Crippen LogP contribution in [0.4, 0.5) is 0 Å². The van der Waals surface area contributed by atoms with Gasteiger partial charge in [-0.15, -0.1) is 0 Å². The summed E-state index contributed by atoms with van der Waals surface area (Å²) in [7, 11) is -2.16. The summed E-state index contributed by atoms with van der Waals surface area (Å²) in [6.07, 6.45) is 0. The summed E-state index contributed by atoms with van der Waals surface area (Å²) in [4.78, 5) is 12.1. The van der Waals surface area contributed by atoms with Crippen LogP contribution in [0.3, 0.4) is 0 Å². The molecule has 0 unspecified atom stereocenters. The smallest absolute Gasteiger partial charge is 0.251 e. The highest BCUT2D eigenvalue weighted by Crippen LogP contribution is 2.12. The van der Waals surface area contributed by atoms with Gasteiger partial charge in [0.05, 0.1) is 11.4 Å². The zero-order valence-corrected chi connectivity index (χ0v) is 14.4. The Morgan fingerprint density at radius 1 is 1.12 bits per heavy atom. The van der Waals surface area contributed by atoms with E-state index in [1.165, 1.54) is 31.3 Å². The first-order valence-electron chi connectivity index (χ1n) is 7.43. The molecule has 6 nitrogen and oxygen atoms in total. The van der Waals surface area contributed by atoms with Gasteiger partial charge in [-0.3, -0.25) is 4.79 Å². The van der Waals surface area contributed by atoms with E-state index >= 15 is 0 Å². The lowest BCUT2D eigenvalue weighted by Crippen LogP contribution is -2.28. The summed E-state index contributed by atoms with van der Waals surface area (Å²) in [5.41, 5.74) is 1.49. The van der Waals surface area contributed by atoms with Crippen molar-refractivity contribution in [2.75, 3.05) is 20.2 Å². The molecule has 0 saturated carbocycles. The maximum atomic E-state index is 12.0. The quantitative estimate of drug-likeness (QED) is 0.746. The Morgan fingerprint density at radius 3 is 2.46 bits per heavy atom. The predicted molar refractivity (Wildman–Crippen MR) is 91.7 cm³/mol. The summed E-state index contributed by atoms with van der Waals surface area (Å²) >= 11 is 0. The molecule has 128 valence electrons. The third kappa shape index (κ3) is 4.81. The molecule has 2 aromatic carbocycles. The minimum atomic E-state index is -3.50. The molecule has 2 aromatic rings. The van der Waals surface area contributed by atoms with Crippen molar-refractivity contribution in [3.8, 4) is 5.75 Å². The lowest BCUT2D eigenvalue weighted by molar-refractivity contribution is 0.0947. The number of sulfonamides is 1. The molecular formula is C17H20N2O4S. The fraction of sp³-hybridized carbons (Fsp3) is 0.235. The number of carbonyl (C=O) groups excluding carboxylic acids is 1. The highest BCUT2D eigenvalue weighted by atomic mass is 32.2. The second-order valence-corrected chi connectivity index (χ2v) is 7.04.